The van der Waals surface area contributed by atoms with Crippen LogP contribution in [0.1, 0.15) is 32.6 Å². The molecule has 22 heavy (non-hydrogen) atoms. The van der Waals surface area contributed by atoms with Gasteiger partial charge in [-0.1, -0.05) is 6.08 Å². The third-order valence-corrected chi connectivity index (χ3v) is 4.20. The van der Waals surface area contributed by atoms with E-state index in [4.69, 9.17) is 4.74 Å². The lowest BCUT2D eigenvalue weighted by Crippen LogP contribution is -2.35. The van der Waals surface area contributed by atoms with Crippen LogP contribution in [0.2, 0.25) is 0 Å². The molecule has 0 spiro atoms. The Bertz CT molecular complexity index is 776. The third-order valence-electron chi connectivity index (χ3n) is 2.57. The van der Waals surface area contributed by atoms with Gasteiger partial charge in [-0.25, -0.2) is 9.78 Å². The van der Waals surface area contributed by atoms with Crippen molar-refractivity contribution in [3.05, 3.63) is 38.7 Å². The number of nitrogens with zero attached hydrogens (tertiary/aromatic N) is 1. The number of nitrogens with one attached hydrogen (secondary N) is 2. The van der Waals surface area contributed by atoms with Gasteiger partial charge in [0.1, 0.15) is 22.2 Å². The number of ether oxygens (including phenoxy) is 1. The Morgan fingerprint density at radius 3 is 2.86 bits per heavy atom. The molecule has 0 aliphatic rings. The lowest BCUT2D eigenvalue weighted by atomic mass is 10.2. The zero-order valence-electron chi connectivity index (χ0n) is 12.4. The van der Waals surface area contributed by atoms with Gasteiger partial charge >= 0.3 is 6.09 Å². The van der Waals surface area contributed by atoms with E-state index in [1.807, 2.05) is 0 Å². The zero-order valence-corrected chi connectivity index (χ0v) is 14.8. The van der Waals surface area contributed by atoms with Gasteiger partial charge in [-0.05, 0) is 42.8 Å². The summed E-state index contributed by atoms with van der Waals surface area (Å²) in [5.74, 6) is 0.309. The van der Waals surface area contributed by atoms with Gasteiger partial charge in [-0.15, -0.1) is 17.9 Å². The number of amides is 1. The van der Waals surface area contributed by atoms with Gasteiger partial charge in [0.25, 0.3) is 5.56 Å². The van der Waals surface area contributed by atoms with Crippen molar-refractivity contribution in [3.8, 4) is 0 Å². The Balaban J connectivity index is 2.29. The van der Waals surface area contributed by atoms with Gasteiger partial charge < -0.3 is 15.0 Å². The van der Waals surface area contributed by atoms with Crippen molar-refractivity contribution < 1.29 is 9.53 Å². The average Bonchev–Trinajstić information content (AvgIpc) is 2.74. The number of thiophene rings is 1. The molecule has 2 rings (SSSR count). The molecular weight excluding hydrogens is 370 g/mol. The van der Waals surface area contributed by atoms with Gasteiger partial charge in [-0.2, -0.15) is 0 Å². The van der Waals surface area contributed by atoms with E-state index in [1.54, 1.807) is 26.8 Å². The highest BCUT2D eigenvalue weighted by Gasteiger charge is 2.21. The molecule has 2 aromatic heterocycles. The Kier molecular flexibility index (Phi) is 4.72. The van der Waals surface area contributed by atoms with Gasteiger partial charge in [0.15, 0.2) is 0 Å². The van der Waals surface area contributed by atoms with Crippen molar-refractivity contribution >= 4 is 43.6 Å². The number of fused-ring (bicyclic) bond motifs is 1. The highest BCUT2D eigenvalue weighted by molar-refractivity contribution is 9.11. The first-order valence-electron chi connectivity index (χ1n) is 6.51. The predicted molar refractivity (Wildman–Crippen MR) is 90.2 cm³/mol. The summed E-state index contributed by atoms with van der Waals surface area (Å²) >= 11 is 4.63. The second kappa shape index (κ2) is 6.21. The molecule has 0 saturated heterocycles. The molecule has 0 aliphatic carbocycles. The van der Waals surface area contributed by atoms with Crippen LogP contribution in [-0.2, 0) is 4.74 Å². The lowest BCUT2D eigenvalue weighted by Gasteiger charge is -2.21. The number of hydrogen-bond acceptors (Lipinski definition) is 5. The maximum absolute atomic E-state index is 12.1. The Hall–Kier alpha value is -1.67. The quantitative estimate of drug-likeness (QED) is 0.791. The second-order valence-corrected chi connectivity index (χ2v) is 8.01. The van der Waals surface area contributed by atoms with E-state index in [1.165, 1.54) is 17.4 Å². The summed E-state index contributed by atoms with van der Waals surface area (Å²) in [4.78, 5) is 30.9. The fourth-order valence-corrected chi connectivity index (χ4v) is 3.17. The van der Waals surface area contributed by atoms with Crippen LogP contribution < -0.4 is 10.9 Å². The fraction of sp³-hybridized carbons (Fsp3) is 0.357. The number of hydrogen-bond donors (Lipinski definition) is 2. The number of halogens is 1. The summed E-state index contributed by atoms with van der Waals surface area (Å²) < 4.78 is 6.53. The predicted octanol–water partition coefficient (Wildman–Crippen LogP) is 3.50. The number of rotatable bonds is 3. The van der Waals surface area contributed by atoms with Crippen molar-refractivity contribution in [1.29, 1.82) is 0 Å². The fourth-order valence-electron chi connectivity index (χ4n) is 1.75. The number of aromatic amines is 1. The molecular formula is C14H16BrN3O3S. The maximum atomic E-state index is 12.1. The molecule has 0 saturated carbocycles. The standard InChI is InChI=1S/C14H16BrN3O3S/c1-5-7(17-13(20)21-14(2,3)4)11-16-8-6-9(15)22-10(8)12(19)18-11/h5-7H,1H2,2-4H3,(H,17,20)(H,16,18,19)/t7-/m0/s1. The van der Waals surface area contributed by atoms with Gasteiger partial charge in [-0.3, -0.25) is 4.79 Å². The summed E-state index contributed by atoms with van der Waals surface area (Å²) in [6.07, 6.45) is 0.877. The zero-order chi connectivity index (χ0) is 16.5. The second-order valence-electron chi connectivity index (χ2n) is 5.58. The van der Waals surface area contributed by atoms with Crippen molar-refractivity contribution in [2.24, 2.45) is 0 Å². The van der Waals surface area contributed by atoms with E-state index >= 15 is 0 Å². The molecule has 0 bridgehead atoms. The number of carbonyl (C=O) groups is 1. The van der Waals surface area contributed by atoms with E-state index in [9.17, 15) is 9.59 Å². The number of aromatic nitrogens is 2. The van der Waals surface area contributed by atoms with Crippen LogP contribution in [-0.4, -0.2) is 21.7 Å². The van der Waals surface area contributed by atoms with E-state index < -0.39 is 17.7 Å². The van der Waals surface area contributed by atoms with Crippen LogP contribution in [0.3, 0.4) is 0 Å². The molecule has 2 heterocycles. The molecule has 8 heteroatoms. The maximum Gasteiger partial charge on any atom is 0.408 e. The molecule has 1 amide bonds. The average molecular weight is 386 g/mol. The molecule has 2 aromatic rings. The molecule has 0 aliphatic heterocycles. The van der Waals surface area contributed by atoms with E-state index in [2.05, 4.69) is 37.8 Å². The number of carbonyl (C=O) groups excluding carboxylic acids is 1. The van der Waals surface area contributed by atoms with Crippen molar-refractivity contribution in [3.63, 3.8) is 0 Å². The molecule has 1 atom stereocenters. The summed E-state index contributed by atoms with van der Waals surface area (Å²) in [5, 5.41) is 2.62. The SMILES string of the molecule is C=C[C@H](NC(=O)OC(C)(C)C)c1nc2cc(Br)sc2c(=O)[nH]1. The molecule has 0 radical (unpaired) electrons. The van der Waals surface area contributed by atoms with Gasteiger partial charge in [0.2, 0.25) is 0 Å². The smallest absolute Gasteiger partial charge is 0.408 e. The molecule has 0 fully saturated rings. The Labute approximate surface area is 139 Å². The molecule has 2 N–H and O–H groups in total. The Morgan fingerprint density at radius 2 is 2.27 bits per heavy atom. The van der Waals surface area contributed by atoms with Crippen molar-refractivity contribution in [2.45, 2.75) is 32.4 Å². The van der Waals surface area contributed by atoms with Crippen LogP contribution in [0.15, 0.2) is 27.3 Å². The van der Waals surface area contributed by atoms with Crippen molar-refractivity contribution in [2.75, 3.05) is 0 Å². The molecule has 0 aromatic carbocycles. The van der Waals surface area contributed by atoms with Crippen LogP contribution in [0.4, 0.5) is 4.79 Å². The summed E-state index contributed by atoms with van der Waals surface area (Å²) in [5.41, 5.74) is -0.305. The van der Waals surface area contributed by atoms with Crippen molar-refractivity contribution in [1.82, 2.24) is 15.3 Å². The molecule has 118 valence electrons. The molecule has 0 unspecified atom stereocenters. The highest BCUT2D eigenvalue weighted by Crippen LogP contribution is 2.26. The monoisotopic (exact) mass is 385 g/mol. The molecule has 6 nitrogen and oxygen atoms in total. The first kappa shape index (κ1) is 16.7. The first-order valence-corrected chi connectivity index (χ1v) is 8.12. The van der Waals surface area contributed by atoms with Crippen LogP contribution >= 0.6 is 27.3 Å². The largest absolute Gasteiger partial charge is 0.444 e. The Morgan fingerprint density at radius 1 is 1.59 bits per heavy atom. The van der Waals surface area contributed by atoms with E-state index in [0.29, 0.717) is 16.0 Å². The third kappa shape index (κ3) is 3.95. The number of alkyl carbamates (subject to hydrolysis) is 1. The van der Waals surface area contributed by atoms with Gasteiger partial charge in [0, 0.05) is 0 Å². The summed E-state index contributed by atoms with van der Waals surface area (Å²) in [6.45, 7) is 8.97. The first-order chi connectivity index (χ1) is 10.2. The number of H-pyrrole nitrogens is 1. The topological polar surface area (TPSA) is 84.1 Å². The minimum Gasteiger partial charge on any atom is -0.444 e. The normalized spacial score (nSPS) is 12.9. The highest BCUT2D eigenvalue weighted by atomic mass is 79.9. The van der Waals surface area contributed by atoms with E-state index in [-0.39, 0.29) is 5.56 Å². The van der Waals surface area contributed by atoms with Crippen LogP contribution in [0.25, 0.3) is 10.2 Å². The van der Waals surface area contributed by atoms with Crippen LogP contribution in [0, 0.1) is 0 Å². The minimum atomic E-state index is -0.648. The van der Waals surface area contributed by atoms with E-state index in [0.717, 1.165) is 3.79 Å². The minimum absolute atomic E-state index is 0.256. The van der Waals surface area contributed by atoms with Gasteiger partial charge in [0.05, 0.1) is 9.30 Å². The summed E-state index contributed by atoms with van der Waals surface area (Å²) in [6, 6.07) is 1.11. The van der Waals surface area contributed by atoms with Crippen LogP contribution in [0.5, 0.6) is 0 Å². The lowest BCUT2D eigenvalue weighted by molar-refractivity contribution is 0.0512. The summed E-state index contributed by atoms with van der Waals surface area (Å²) in [7, 11) is 0.